The Labute approximate surface area is 153 Å². The molecule has 2 aliphatic rings. The zero-order valence-electron chi connectivity index (χ0n) is 15.5. The SMILES string of the molecule is Cc1cc(C(=O)N2CCCC(c3nnc(CN4CCCC4)n3C)C2)no1. The van der Waals surface area contributed by atoms with E-state index in [2.05, 4.69) is 24.8 Å². The summed E-state index contributed by atoms with van der Waals surface area (Å²) in [5.74, 6) is 2.80. The van der Waals surface area contributed by atoms with E-state index in [-0.39, 0.29) is 11.8 Å². The van der Waals surface area contributed by atoms with Crippen molar-refractivity contribution < 1.29 is 9.32 Å². The molecule has 8 heteroatoms. The Balaban J connectivity index is 1.46. The van der Waals surface area contributed by atoms with Crippen LogP contribution in [0.2, 0.25) is 0 Å². The minimum Gasteiger partial charge on any atom is -0.361 e. The van der Waals surface area contributed by atoms with E-state index in [1.165, 1.54) is 12.8 Å². The lowest BCUT2D eigenvalue weighted by molar-refractivity contribution is 0.0693. The lowest BCUT2D eigenvalue weighted by atomic mass is 9.97. The smallest absolute Gasteiger partial charge is 0.276 e. The van der Waals surface area contributed by atoms with Crippen LogP contribution in [-0.4, -0.2) is 61.8 Å². The van der Waals surface area contributed by atoms with Crippen molar-refractivity contribution in [2.45, 2.75) is 45.1 Å². The van der Waals surface area contributed by atoms with Gasteiger partial charge in [-0.3, -0.25) is 9.69 Å². The van der Waals surface area contributed by atoms with E-state index in [1.807, 2.05) is 11.9 Å². The van der Waals surface area contributed by atoms with Crippen LogP contribution in [0.4, 0.5) is 0 Å². The molecule has 0 saturated carbocycles. The van der Waals surface area contributed by atoms with Crippen molar-refractivity contribution in [1.82, 2.24) is 29.7 Å². The molecule has 1 unspecified atom stereocenters. The van der Waals surface area contributed by atoms with Crippen LogP contribution in [0.3, 0.4) is 0 Å². The molecule has 0 bridgehead atoms. The predicted molar refractivity (Wildman–Crippen MR) is 94.6 cm³/mol. The fourth-order valence-corrected chi connectivity index (χ4v) is 4.01. The van der Waals surface area contributed by atoms with Gasteiger partial charge in [0.15, 0.2) is 5.69 Å². The Morgan fingerprint density at radius 1 is 1.23 bits per heavy atom. The summed E-state index contributed by atoms with van der Waals surface area (Å²) in [7, 11) is 2.04. The number of piperidine rings is 1. The first-order valence-electron chi connectivity index (χ1n) is 9.45. The van der Waals surface area contributed by atoms with Gasteiger partial charge in [-0.05, 0) is 45.7 Å². The Bertz CT molecular complexity index is 776. The van der Waals surface area contributed by atoms with Crippen LogP contribution in [0.15, 0.2) is 10.6 Å². The maximum Gasteiger partial charge on any atom is 0.276 e. The molecule has 2 aliphatic heterocycles. The lowest BCUT2D eigenvalue weighted by Gasteiger charge is -2.31. The van der Waals surface area contributed by atoms with E-state index in [0.717, 1.165) is 50.7 Å². The second-order valence-electron chi connectivity index (χ2n) is 7.43. The Hall–Kier alpha value is -2.22. The van der Waals surface area contributed by atoms with E-state index in [4.69, 9.17) is 4.52 Å². The number of likely N-dealkylation sites (tertiary alicyclic amines) is 2. The largest absolute Gasteiger partial charge is 0.361 e. The van der Waals surface area contributed by atoms with Crippen LogP contribution in [0.25, 0.3) is 0 Å². The van der Waals surface area contributed by atoms with Gasteiger partial charge in [0.25, 0.3) is 5.91 Å². The van der Waals surface area contributed by atoms with Gasteiger partial charge in [-0.15, -0.1) is 10.2 Å². The second kappa shape index (κ2) is 7.19. The first kappa shape index (κ1) is 17.2. The molecule has 2 saturated heterocycles. The van der Waals surface area contributed by atoms with Gasteiger partial charge in [0.2, 0.25) is 0 Å². The highest BCUT2D eigenvalue weighted by Gasteiger charge is 2.30. The molecular weight excluding hydrogens is 332 g/mol. The van der Waals surface area contributed by atoms with Crippen molar-refractivity contribution >= 4 is 5.91 Å². The molecule has 0 N–H and O–H groups in total. The fraction of sp³-hybridized carbons (Fsp3) is 0.667. The number of amides is 1. The average Bonchev–Trinajstić information content (AvgIpc) is 3.38. The highest BCUT2D eigenvalue weighted by atomic mass is 16.5. The van der Waals surface area contributed by atoms with Gasteiger partial charge in [0, 0.05) is 32.1 Å². The molecule has 0 aliphatic carbocycles. The van der Waals surface area contributed by atoms with Crippen LogP contribution in [0.5, 0.6) is 0 Å². The number of rotatable bonds is 4. The van der Waals surface area contributed by atoms with Crippen molar-refractivity contribution in [2.24, 2.45) is 7.05 Å². The van der Waals surface area contributed by atoms with Crippen LogP contribution in [-0.2, 0) is 13.6 Å². The maximum absolute atomic E-state index is 12.7. The quantitative estimate of drug-likeness (QED) is 0.828. The molecule has 0 radical (unpaired) electrons. The van der Waals surface area contributed by atoms with Gasteiger partial charge in [0.05, 0.1) is 6.54 Å². The van der Waals surface area contributed by atoms with Gasteiger partial charge < -0.3 is 14.0 Å². The molecule has 0 spiro atoms. The summed E-state index contributed by atoms with van der Waals surface area (Å²) in [6.45, 7) is 6.34. The molecule has 26 heavy (non-hydrogen) atoms. The standard InChI is InChI=1S/C18H26N6O2/c1-13-10-15(21-26-13)18(25)24-9-5-6-14(11-24)17-20-19-16(22(17)2)12-23-7-3-4-8-23/h10,14H,3-9,11-12H2,1-2H3. The molecule has 1 atom stereocenters. The number of hydrogen-bond acceptors (Lipinski definition) is 6. The number of hydrogen-bond donors (Lipinski definition) is 0. The molecule has 140 valence electrons. The third-order valence-electron chi connectivity index (χ3n) is 5.48. The lowest BCUT2D eigenvalue weighted by Crippen LogP contribution is -2.40. The summed E-state index contributed by atoms with van der Waals surface area (Å²) in [6, 6.07) is 1.70. The number of carbonyl (C=O) groups excluding carboxylic acids is 1. The van der Waals surface area contributed by atoms with Crippen LogP contribution in [0.1, 0.15) is 59.5 Å². The molecule has 0 aromatic carbocycles. The minimum absolute atomic E-state index is 0.0639. The van der Waals surface area contributed by atoms with Crippen molar-refractivity contribution in [2.75, 3.05) is 26.2 Å². The predicted octanol–water partition coefficient (Wildman–Crippen LogP) is 1.73. The molecule has 1 amide bonds. The summed E-state index contributed by atoms with van der Waals surface area (Å²) in [5, 5.41) is 12.8. The summed E-state index contributed by atoms with van der Waals surface area (Å²) < 4.78 is 7.17. The summed E-state index contributed by atoms with van der Waals surface area (Å²) in [6.07, 6.45) is 4.52. The first-order chi connectivity index (χ1) is 12.6. The summed E-state index contributed by atoms with van der Waals surface area (Å²) in [4.78, 5) is 17.0. The van der Waals surface area contributed by atoms with E-state index in [0.29, 0.717) is 18.0 Å². The number of aromatic nitrogens is 4. The fourth-order valence-electron chi connectivity index (χ4n) is 4.01. The van der Waals surface area contributed by atoms with Crippen molar-refractivity contribution in [3.05, 3.63) is 29.2 Å². The van der Waals surface area contributed by atoms with E-state index >= 15 is 0 Å². The summed E-state index contributed by atoms with van der Waals surface area (Å²) in [5.41, 5.74) is 0.385. The van der Waals surface area contributed by atoms with Crippen LogP contribution in [0, 0.1) is 6.92 Å². The van der Waals surface area contributed by atoms with Gasteiger partial charge in [-0.2, -0.15) is 0 Å². The molecule has 2 fully saturated rings. The highest BCUT2D eigenvalue weighted by Crippen LogP contribution is 2.27. The van der Waals surface area contributed by atoms with E-state index < -0.39 is 0 Å². The van der Waals surface area contributed by atoms with Crippen LogP contribution >= 0.6 is 0 Å². The highest BCUT2D eigenvalue weighted by molar-refractivity contribution is 5.92. The summed E-state index contributed by atoms with van der Waals surface area (Å²) >= 11 is 0. The zero-order valence-corrected chi connectivity index (χ0v) is 15.5. The van der Waals surface area contributed by atoms with Gasteiger partial charge in [-0.1, -0.05) is 5.16 Å². The monoisotopic (exact) mass is 358 g/mol. The Kier molecular flexibility index (Phi) is 4.76. The third kappa shape index (κ3) is 3.38. The molecule has 8 nitrogen and oxygen atoms in total. The molecule has 4 rings (SSSR count). The zero-order chi connectivity index (χ0) is 18.1. The normalized spacial score (nSPS) is 21.5. The second-order valence-corrected chi connectivity index (χ2v) is 7.43. The van der Waals surface area contributed by atoms with E-state index in [9.17, 15) is 4.79 Å². The van der Waals surface area contributed by atoms with E-state index in [1.54, 1.807) is 13.0 Å². The molecular formula is C18H26N6O2. The molecule has 4 heterocycles. The van der Waals surface area contributed by atoms with Crippen molar-refractivity contribution in [3.63, 3.8) is 0 Å². The Morgan fingerprint density at radius 2 is 2.04 bits per heavy atom. The number of aryl methyl sites for hydroxylation is 1. The van der Waals surface area contributed by atoms with Crippen LogP contribution < -0.4 is 0 Å². The molecule has 2 aromatic heterocycles. The van der Waals surface area contributed by atoms with Crippen molar-refractivity contribution in [1.29, 1.82) is 0 Å². The van der Waals surface area contributed by atoms with Gasteiger partial charge >= 0.3 is 0 Å². The van der Waals surface area contributed by atoms with Gasteiger partial charge in [0.1, 0.15) is 17.4 Å². The maximum atomic E-state index is 12.7. The number of nitrogens with zero attached hydrogens (tertiary/aromatic N) is 6. The third-order valence-corrected chi connectivity index (χ3v) is 5.48. The Morgan fingerprint density at radius 3 is 2.77 bits per heavy atom. The average molecular weight is 358 g/mol. The van der Waals surface area contributed by atoms with Crippen molar-refractivity contribution in [3.8, 4) is 0 Å². The molecule has 2 aromatic rings. The topological polar surface area (TPSA) is 80.3 Å². The minimum atomic E-state index is -0.0639. The number of carbonyl (C=O) groups is 1. The first-order valence-corrected chi connectivity index (χ1v) is 9.45. The van der Waals surface area contributed by atoms with Gasteiger partial charge in [-0.25, -0.2) is 0 Å².